The lowest BCUT2D eigenvalue weighted by Crippen LogP contribution is -2.44. The zero-order chi connectivity index (χ0) is 13.5. The van der Waals surface area contributed by atoms with Gasteiger partial charge in [0.05, 0.1) is 13.7 Å². The Labute approximate surface area is 115 Å². The first-order valence-electron chi connectivity index (χ1n) is 6.90. The van der Waals surface area contributed by atoms with Gasteiger partial charge in [-0.2, -0.15) is 0 Å². The molecular formula is C15H24N2O2. The summed E-state index contributed by atoms with van der Waals surface area (Å²) >= 11 is 0. The van der Waals surface area contributed by atoms with Crippen molar-refractivity contribution in [2.45, 2.75) is 13.0 Å². The molecule has 106 valence electrons. The third kappa shape index (κ3) is 4.49. The molecule has 1 aromatic carbocycles. The Bertz CT molecular complexity index is 390. The van der Waals surface area contributed by atoms with Gasteiger partial charge in [-0.1, -0.05) is 6.07 Å². The van der Waals surface area contributed by atoms with Gasteiger partial charge in [-0.3, -0.25) is 0 Å². The zero-order valence-corrected chi connectivity index (χ0v) is 11.9. The third-order valence-electron chi connectivity index (χ3n) is 3.50. The van der Waals surface area contributed by atoms with E-state index < -0.39 is 0 Å². The molecule has 19 heavy (non-hydrogen) atoms. The van der Waals surface area contributed by atoms with E-state index in [-0.39, 0.29) is 0 Å². The van der Waals surface area contributed by atoms with E-state index in [9.17, 15) is 0 Å². The van der Waals surface area contributed by atoms with Crippen molar-refractivity contribution in [3.8, 4) is 5.75 Å². The van der Waals surface area contributed by atoms with Crippen LogP contribution in [0.25, 0.3) is 0 Å². The number of nitrogens with one attached hydrogen (secondary N) is 1. The lowest BCUT2D eigenvalue weighted by molar-refractivity contribution is 0.184. The van der Waals surface area contributed by atoms with Gasteiger partial charge >= 0.3 is 0 Å². The van der Waals surface area contributed by atoms with Crippen LogP contribution in [0, 0.1) is 0 Å². The van der Waals surface area contributed by atoms with Gasteiger partial charge in [-0.05, 0) is 29.7 Å². The lowest BCUT2D eigenvalue weighted by atomic mass is 10.1. The molecule has 0 atom stereocenters. The first kappa shape index (κ1) is 14.3. The van der Waals surface area contributed by atoms with E-state index in [0.29, 0.717) is 6.61 Å². The largest absolute Gasteiger partial charge is 0.497 e. The summed E-state index contributed by atoms with van der Waals surface area (Å²) in [4.78, 5) is 2.51. The predicted octanol–water partition coefficient (Wildman–Crippen LogP) is 1.29. The summed E-state index contributed by atoms with van der Waals surface area (Å²) < 4.78 is 10.6. The van der Waals surface area contributed by atoms with E-state index in [4.69, 9.17) is 9.47 Å². The number of methoxy groups -OCH3 is 2. The Balaban J connectivity index is 1.95. The normalized spacial score (nSPS) is 16.5. The fourth-order valence-corrected chi connectivity index (χ4v) is 2.46. The van der Waals surface area contributed by atoms with Crippen LogP contribution in [0.4, 0.5) is 0 Å². The van der Waals surface area contributed by atoms with Crippen molar-refractivity contribution in [3.63, 3.8) is 0 Å². The molecule has 0 unspecified atom stereocenters. The van der Waals surface area contributed by atoms with Crippen LogP contribution in [0.2, 0.25) is 0 Å². The van der Waals surface area contributed by atoms with Gasteiger partial charge in [0.1, 0.15) is 5.75 Å². The molecule has 0 aromatic heterocycles. The number of ether oxygens (including phenoxy) is 2. The van der Waals surface area contributed by atoms with E-state index in [0.717, 1.165) is 44.9 Å². The van der Waals surface area contributed by atoms with Crippen LogP contribution in [0.3, 0.4) is 0 Å². The Morgan fingerprint density at radius 3 is 2.53 bits per heavy atom. The first-order valence-corrected chi connectivity index (χ1v) is 6.90. The summed E-state index contributed by atoms with van der Waals surface area (Å²) in [5.74, 6) is 0.921. The number of nitrogens with zero attached hydrogens (tertiary/aromatic N) is 1. The molecule has 1 heterocycles. The fourth-order valence-electron chi connectivity index (χ4n) is 2.46. The highest BCUT2D eigenvalue weighted by Crippen LogP contribution is 2.18. The quantitative estimate of drug-likeness (QED) is 0.839. The van der Waals surface area contributed by atoms with Gasteiger partial charge in [-0.25, -0.2) is 0 Å². The predicted molar refractivity (Wildman–Crippen MR) is 76.7 cm³/mol. The Morgan fingerprint density at radius 2 is 1.84 bits per heavy atom. The summed E-state index contributed by atoms with van der Waals surface area (Å²) in [6.07, 6.45) is 1.06. The maximum absolute atomic E-state index is 5.35. The first-order chi connectivity index (χ1) is 9.31. The van der Waals surface area contributed by atoms with Gasteiger partial charge in [-0.15, -0.1) is 0 Å². The maximum atomic E-state index is 5.35. The van der Waals surface area contributed by atoms with E-state index >= 15 is 0 Å². The standard InChI is InChI=1S/C15H24N2O2/c1-18-12-14-9-13(10-15(11-14)19-2)3-6-17-7-4-16-5-8-17/h9-11,16H,3-8,12H2,1-2H3. The van der Waals surface area contributed by atoms with Crippen LogP contribution >= 0.6 is 0 Å². The highest BCUT2D eigenvalue weighted by Gasteiger charge is 2.09. The van der Waals surface area contributed by atoms with Crippen molar-refractivity contribution in [2.75, 3.05) is 46.9 Å². The van der Waals surface area contributed by atoms with Gasteiger partial charge in [0.2, 0.25) is 0 Å². The molecule has 1 aromatic rings. The van der Waals surface area contributed by atoms with Crippen LogP contribution in [0.15, 0.2) is 18.2 Å². The van der Waals surface area contributed by atoms with E-state index in [1.165, 1.54) is 11.1 Å². The second kappa shape index (κ2) is 7.48. The Kier molecular flexibility index (Phi) is 5.63. The summed E-state index contributed by atoms with van der Waals surface area (Å²) in [6, 6.07) is 6.38. The number of rotatable bonds is 6. The van der Waals surface area contributed by atoms with Crippen molar-refractivity contribution < 1.29 is 9.47 Å². The molecular weight excluding hydrogens is 240 g/mol. The molecule has 0 radical (unpaired) electrons. The average molecular weight is 264 g/mol. The molecule has 0 saturated carbocycles. The molecule has 4 nitrogen and oxygen atoms in total. The minimum atomic E-state index is 0.637. The molecule has 4 heteroatoms. The second-order valence-electron chi connectivity index (χ2n) is 4.96. The number of piperazine rings is 1. The summed E-state index contributed by atoms with van der Waals surface area (Å²) in [6.45, 7) is 6.25. The molecule has 0 amide bonds. The van der Waals surface area contributed by atoms with Crippen LogP contribution in [-0.4, -0.2) is 51.8 Å². The summed E-state index contributed by atoms with van der Waals surface area (Å²) in [5.41, 5.74) is 2.50. The second-order valence-corrected chi connectivity index (χ2v) is 4.96. The molecule has 1 saturated heterocycles. The van der Waals surface area contributed by atoms with Gasteiger partial charge in [0.25, 0.3) is 0 Å². The highest BCUT2D eigenvalue weighted by atomic mass is 16.5. The van der Waals surface area contributed by atoms with Gasteiger partial charge in [0.15, 0.2) is 0 Å². The fraction of sp³-hybridized carbons (Fsp3) is 0.600. The summed E-state index contributed by atoms with van der Waals surface area (Å²) in [5, 5.41) is 3.38. The molecule has 0 spiro atoms. The van der Waals surface area contributed by atoms with Crippen molar-refractivity contribution in [1.82, 2.24) is 10.2 Å². The van der Waals surface area contributed by atoms with Crippen molar-refractivity contribution in [3.05, 3.63) is 29.3 Å². The van der Waals surface area contributed by atoms with Gasteiger partial charge < -0.3 is 19.7 Å². The molecule has 2 rings (SSSR count). The van der Waals surface area contributed by atoms with Crippen LogP contribution in [-0.2, 0) is 17.8 Å². The van der Waals surface area contributed by atoms with Crippen molar-refractivity contribution in [2.24, 2.45) is 0 Å². The number of benzene rings is 1. The SMILES string of the molecule is COCc1cc(CCN2CCNCC2)cc(OC)c1. The number of hydrogen-bond acceptors (Lipinski definition) is 4. The van der Waals surface area contributed by atoms with E-state index in [1.807, 2.05) is 6.07 Å². The smallest absolute Gasteiger partial charge is 0.119 e. The zero-order valence-electron chi connectivity index (χ0n) is 11.9. The topological polar surface area (TPSA) is 33.7 Å². The van der Waals surface area contributed by atoms with Crippen LogP contribution in [0.1, 0.15) is 11.1 Å². The van der Waals surface area contributed by atoms with Crippen molar-refractivity contribution in [1.29, 1.82) is 0 Å². The molecule has 1 fully saturated rings. The molecule has 0 aliphatic carbocycles. The molecule has 1 aliphatic heterocycles. The lowest BCUT2D eigenvalue weighted by Gasteiger charge is -2.27. The molecule has 1 N–H and O–H groups in total. The van der Waals surface area contributed by atoms with E-state index in [1.54, 1.807) is 14.2 Å². The van der Waals surface area contributed by atoms with Crippen LogP contribution < -0.4 is 10.1 Å². The highest BCUT2D eigenvalue weighted by molar-refractivity contribution is 5.34. The molecule has 1 aliphatic rings. The maximum Gasteiger partial charge on any atom is 0.119 e. The van der Waals surface area contributed by atoms with Crippen molar-refractivity contribution >= 4 is 0 Å². The molecule has 0 bridgehead atoms. The summed E-state index contributed by atoms with van der Waals surface area (Å²) in [7, 11) is 3.44. The monoisotopic (exact) mass is 264 g/mol. The van der Waals surface area contributed by atoms with Crippen LogP contribution in [0.5, 0.6) is 5.75 Å². The minimum absolute atomic E-state index is 0.637. The van der Waals surface area contributed by atoms with Gasteiger partial charge in [0, 0.05) is 39.8 Å². The third-order valence-corrected chi connectivity index (χ3v) is 3.50. The number of hydrogen-bond donors (Lipinski definition) is 1. The van der Waals surface area contributed by atoms with E-state index in [2.05, 4.69) is 22.3 Å². The Morgan fingerprint density at radius 1 is 1.11 bits per heavy atom. The minimum Gasteiger partial charge on any atom is -0.497 e. The average Bonchev–Trinajstić information content (AvgIpc) is 2.46. The Hall–Kier alpha value is -1.10.